The lowest BCUT2D eigenvalue weighted by atomic mass is 10.0. The Hall–Kier alpha value is -1.38. The number of hydrogen-bond acceptors (Lipinski definition) is 2. The molecule has 20 heavy (non-hydrogen) atoms. The summed E-state index contributed by atoms with van der Waals surface area (Å²) >= 11 is 11.9. The van der Waals surface area contributed by atoms with E-state index in [9.17, 15) is 0 Å². The lowest BCUT2D eigenvalue weighted by molar-refractivity contribution is 0.475. The molecule has 0 aromatic heterocycles. The van der Waals surface area contributed by atoms with Gasteiger partial charge in [0.25, 0.3) is 0 Å². The molecule has 106 valence electrons. The Morgan fingerprint density at radius 2 is 1.65 bits per heavy atom. The minimum Gasteiger partial charge on any atom is -0.455 e. The summed E-state index contributed by atoms with van der Waals surface area (Å²) in [6.45, 7) is 6.26. The number of benzene rings is 2. The summed E-state index contributed by atoms with van der Waals surface area (Å²) in [7, 11) is 0. The maximum Gasteiger partial charge on any atom is 0.151 e. The Bertz CT molecular complexity index is 639. The largest absolute Gasteiger partial charge is 0.455 e. The molecule has 0 fully saturated rings. The van der Waals surface area contributed by atoms with Crippen LogP contribution in [0.3, 0.4) is 0 Å². The predicted molar refractivity (Wildman–Crippen MR) is 86.2 cm³/mol. The monoisotopic (exact) mass is 309 g/mol. The fourth-order valence-electron chi connectivity index (χ4n) is 1.96. The van der Waals surface area contributed by atoms with Gasteiger partial charge >= 0.3 is 0 Å². The van der Waals surface area contributed by atoms with Gasteiger partial charge in [-0.15, -0.1) is 0 Å². The summed E-state index contributed by atoms with van der Waals surface area (Å²) in [5, 5.41) is 0.847. The van der Waals surface area contributed by atoms with Crippen LogP contribution < -0.4 is 10.5 Å². The smallest absolute Gasteiger partial charge is 0.151 e. The molecule has 0 spiro atoms. The lowest BCUT2D eigenvalue weighted by Crippen LogP contribution is -1.97. The van der Waals surface area contributed by atoms with Crippen molar-refractivity contribution in [1.29, 1.82) is 0 Å². The third-order valence-electron chi connectivity index (χ3n) is 3.06. The molecule has 2 aromatic rings. The van der Waals surface area contributed by atoms with Gasteiger partial charge in [0.1, 0.15) is 5.75 Å². The summed E-state index contributed by atoms with van der Waals surface area (Å²) in [6, 6.07) is 9.39. The van der Waals surface area contributed by atoms with Crippen LogP contribution in [0.1, 0.15) is 30.9 Å². The van der Waals surface area contributed by atoms with E-state index in [2.05, 4.69) is 26.0 Å². The molecule has 0 atom stereocenters. The molecule has 0 aliphatic carbocycles. The Labute approximate surface area is 129 Å². The van der Waals surface area contributed by atoms with Crippen LogP contribution >= 0.6 is 23.2 Å². The second-order valence-corrected chi connectivity index (χ2v) is 5.92. The first-order valence-corrected chi connectivity index (χ1v) is 7.17. The van der Waals surface area contributed by atoms with E-state index in [4.69, 9.17) is 33.7 Å². The summed E-state index contributed by atoms with van der Waals surface area (Å²) in [5.74, 6) is 1.67. The van der Waals surface area contributed by atoms with E-state index >= 15 is 0 Å². The first-order valence-electron chi connectivity index (χ1n) is 6.41. The molecule has 0 saturated carbocycles. The molecular formula is C16H17Cl2NO. The highest BCUT2D eigenvalue weighted by molar-refractivity contribution is 6.42. The SMILES string of the molecule is Cc1ccc(C(C)C)c(Oc2cc(Cl)c(Cl)cc2N)c1. The van der Waals surface area contributed by atoms with Gasteiger partial charge < -0.3 is 10.5 Å². The molecule has 2 aromatic carbocycles. The summed E-state index contributed by atoms with van der Waals surface area (Å²) in [5.41, 5.74) is 8.66. The van der Waals surface area contributed by atoms with Gasteiger partial charge in [-0.05, 0) is 36.1 Å². The van der Waals surface area contributed by atoms with E-state index < -0.39 is 0 Å². The van der Waals surface area contributed by atoms with Crippen molar-refractivity contribution in [3.63, 3.8) is 0 Å². The molecule has 4 heteroatoms. The Morgan fingerprint density at radius 1 is 1.00 bits per heavy atom. The van der Waals surface area contributed by atoms with Gasteiger partial charge in [0.15, 0.2) is 5.75 Å². The molecule has 2 N–H and O–H groups in total. The van der Waals surface area contributed by atoms with E-state index in [1.807, 2.05) is 13.0 Å². The highest BCUT2D eigenvalue weighted by Gasteiger charge is 2.12. The molecule has 0 aliphatic heterocycles. The van der Waals surface area contributed by atoms with Crippen LogP contribution in [0.4, 0.5) is 5.69 Å². The third kappa shape index (κ3) is 3.20. The molecule has 0 radical (unpaired) electrons. The van der Waals surface area contributed by atoms with E-state index in [0.29, 0.717) is 27.4 Å². The highest BCUT2D eigenvalue weighted by Crippen LogP contribution is 2.37. The molecule has 0 bridgehead atoms. The van der Waals surface area contributed by atoms with Crippen molar-refractivity contribution >= 4 is 28.9 Å². The normalized spacial score (nSPS) is 10.9. The van der Waals surface area contributed by atoms with Crippen LogP contribution in [-0.2, 0) is 0 Å². The van der Waals surface area contributed by atoms with Crippen molar-refractivity contribution in [1.82, 2.24) is 0 Å². The van der Waals surface area contributed by atoms with E-state index in [-0.39, 0.29) is 0 Å². The van der Waals surface area contributed by atoms with Crippen LogP contribution in [0.5, 0.6) is 11.5 Å². The molecule has 2 nitrogen and oxygen atoms in total. The minimum atomic E-state index is 0.356. The fourth-order valence-corrected chi connectivity index (χ4v) is 2.28. The van der Waals surface area contributed by atoms with Crippen LogP contribution in [0, 0.1) is 6.92 Å². The number of rotatable bonds is 3. The highest BCUT2D eigenvalue weighted by atomic mass is 35.5. The number of nitrogens with two attached hydrogens (primary N) is 1. The fraction of sp³-hybridized carbons (Fsp3) is 0.250. The molecule has 2 rings (SSSR count). The van der Waals surface area contributed by atoms with Gasteiger partial charge in [0.05, 0.1) is 15.7 Å². The molecule has 0 aliphatic rings. The average molecular weight is 310 g/mol. The number of nitrogen functional groups attached to an aromatic ring is 1. The van der Waals surface area contributed by atoms with Crippen LogP contribution in [0.15, 0.2) is 30.3 Å². The first-order chi connectivity index (χ1) is 9.38. The van der Waals surface area contributed by atoms with E-state index in [1.165, 1.54) is 0 Å². The minimum absolute atomic E-state index is 0.356. The molecular weight excluding hydrogens is 293 g/mol. The van der Waals surface area contributed by atoms with Gasteiger partial charge in [-0.2, -0.15) is 0 Å². The standard InChI is InChI=1S/C16H17Cl2NO/c1-9(2)11-5-4-10(3)6-15(11)20-16-8-13(18)12(17)7-14(16)19/h4-9H,19H2,1-3H3. The second-order valence-electron chi connectivity index (χ2n) is 5.10. The number of ether oxygens (including phenoxy) is 1. The van der Waals surface area contributed by atoms with Gasteiger partial charge in [-0.1, -0.05) is 49.2 Å². The van der Waals surface area contributed by atoms with Gasteiger partial charge in [-0.25, -0.2) is 0 Å². The van der Waals surface area contributed by atoms with E-state index in [1.54, 1.807) is 12.1 Å². The summed E-state index contributed by atoms with van der Waals surface area (Å²) < 4.78 is 5.95. The van der Waals surface area contributed by atoms with Crippen molar-refractivity contribution in [2.45, 2.75) is 26.7 Å². The quantitative estimate of drug-likeness (QED) is 0.727. The Kier molecular flexibility index (Phi) is 4.46. The number of aryl methyl sites for hydroxylation is 1. The van der Waals surface area contributed by atoms with Crippen molar-refractivity contribution in [3.05, 3.63) is 51.5 Å². The third-order valence-corrected chi connectivity index (χ3v) is 3.79. The number of anilines is 1. The zero-order chi connectivity index (χ0) is 14.9. The van der Waals surface area contributed by atoms with Crippen LogP contribution in [0.25, 0.3) is 0 Å². The van der Waals surface area contributed by atoms with Gasteiger partial charge in [0, 0.05) is 6.07 Å². The zero-order valence-corrected chi connectivity index (χ0v) is 13.2. The van der Waals surface area contributed by atoms with Crippen LogP contribution in [-0.4, -0.2) is 0 Å². The zero-order valence-electron chi connectivity index (χ0n) is 11.7. The Balaban J connectivity index is 2.44. The van der Waals surface area contributed by atoms with Crippen molar-refractivity contribution in [2.75, 3.05) is 5.73 Å². The molecule has 0 amide bonds. The Morgan fingerprint density at radius 3 is 2.30 bits per heavy atom. The number of halogens is 2. The number of hydrogen-bond donors (Lipinski definition) is 1. The van der Waals surface area contributed by atoms with E-state index in [0.717, 1.165) is 16.9 Å². The predicted octanol–water partition coefficient (Wildman–Crippen LogP) is 5.80. The van der Waals surface area contributed by atoms with Gasteiger partial charge in [-0.3, -0.25) is 0 Å². The topological polar surface area (TPSA) is 35.2 Å². The molecule has 0 heterocycles. The average Bonchev–Trinajstić information content (AvgIpc) is 2.35. The first kappa shape index (κ1) is 15.0. The van der Waals surface area contributed by atoms with Crippen molar-refractivity contribution in [2.24, 2.45) is 0 Å². The second kappa shape index (κ2) is 5.94. The van der Waals surface area contributed by atoms with Crippen LogP contribution in [0.2, 0.25) is 10.0 Å². The van der Waals surface area contributed by atoms with Gasteiger partial charge in [0.2, 0.25) is 0 Å². The molecule has 0 unspecified atom stereocenters. The summed E-state index contributed by atoms with van der Waals surface area (Å²) in [4.78, 5) is 0. The maximum atomic E-state index is 6.02. The van der Waals surface area contributed by atoms with Crippen molar-refractivity contribution in [3.8, 4) is 11.5 Å². The van der Waals surface area contributed by atoms with Crippen molar-refractivity contribution < 1.29 is 4.74 Å². The summed E-state index contributed by atoms with van der Waals surface area (Å²) in [6.07, 6.45) is 0. The maximum absolute atomic E-state index is 6.02. The molecule has 0 saturated heterocycles. The lowest BCUT2D eigenvalue weighted by Gasteiger charge is -2.16.